The monoisotopic (exact) mass is 541 g/mol. The second kappa shape index (κ2) is 15.1. The Morgan fingerprint density at radius 2 is 1.74 bits per heavy atom. The van der Waals surface area contributed by atoms with Gasteiger partial charge in [-0.25, -0.2) is 8.78 Å². The number of rotatable bonds is 15. The lowest BCUT2D eigenvalue weighted by Crippen LogP contribution is -2.46. The largest absolute Gasteiger partial charge is 0.459 e. The van der Waals surface area contributed by atoms with E-state index in [-0.39, 0.29) is 37.0 Å². The SMILES string of the molecule is CCc1cccc(CN(C[C@@H](O)[C@@H](N)Cc2cc(F)cc(F)c2)C(=O)CCCCCNC(=O)c2ccco2)c1. The Bertz CT molecular complexity index is 1180. The normalized spacial score (nSPS) is 12.6. The van der Waals surface area contributed by atoms with E-state index in [4.69, 9.17) is 10.2 Å². The lowest BCUT2D eigenvalue weighted by Gasteiger charge is -2.28. The van der Waals surface area contributed by atoms with E-state index in [1.54, 1.807) is 17.0 Å². The van der Waals surface area contributed by atoms with Gasteiger partial charge < -0.3 is 25.5 Å². The summed E-state index contributed by atoms with van der Waals surface area (Å²) in [4.78, 5) is 26.7. The zero-order valence-corrected chi connectivity index (χ0v) is 22.2. The van der Waals surface area contributed by atoms with Crippen molar-refractivity contribution in [1.82, 2.24) is 10.2 Å². The van der Waals surface area contributed by atoms with Gasteiger partial charge in [-0.3, -0.25) is 9.59 Å². The number of aliphatic hydroxyl groups excluding tert-OH is 1. The van der Waals surface area contributed by atoms with Crippen LogP contribution in [0.2, 0.25) is 0 Å². The maximum Gasteiger partial charge on any atom is 0.286 e. The smallest absolute Gasteiger partial charge is 0.286 e. The summed E-state index contributed by atoms with van der Waals surface area (Å²) in [6.45, 7) is 2.82. The second-order valence-corrected chi connectivity index (χ2v) is 9.70. The molecular formula is C30H37F2N3O4. The number of nitrogens with zero attached hydrogens (tertiary/aromatic N) is 1. The third-order valence-corrected chi connectivity index (χ3v) is 6.52. The van der Waals surface area contributed by atoms with Crippen LogP contribution in [0.3, 0.4) is 0 Å². The number of aliphatic hydroxyl groups is 1. The van der Waals surface area contributed by atoms with Crippen molar-refractivity contribution in [2.75, 3.05) is 13.1 Å². The first-order valence-electron chi connectivity index (χ1n) is 13.3. The van der Waals surface area contributed by atoms with E-state index in [1.165, 1.54) is 18.4 Å². The van der Waals surface area contributed by atoms with Gasteiger partial charge in [-0.2, -0.15) is 0 Å². The number of hydrogen-bond acceptors (Lipinski definition) is 5. The molecule has 0 aliphatic carbocycles. The molecule has 0 fully saturated rings. The number of carbonyl (C=O) groups excluding carboxylic acids is 2. The highest BCUT2D eigenvalue weighted by Gasteiger charge is 2.23. The van der Waals surface area contributed by atoms with Crippen LogP contribution in [0.25, 0.3) is 0 Å². The van der Waals surface area contributed by atoms with Crippen LogP contribution >= 0.6 is 0 Å². The maximum absolute atomic E-state index is 13.6. The summed E-state index contributed by atoms with van der Waals surface area (Å²) < 4.78 is 32.2. The Morgan fingerprint density at radius 1 is 1.00 bits per heavy atom. The third-order valence-electron chi connectivity index (χ3n) is 6.52. The van der Waals surface area contributed by atoms with Crippen molar-refractivity contribution in [3.8, 4) is 0 Å². The highest BCUT2D eigenvalue weighted by Crippen LogP contribution is 2.15. The van der Waals surface area contributed by atoms with Gasteiger partial charge in [0.1, 0.15) is 11.6 Å². The molecule has 39 heavy (non-hydrogen) atoms. The summed E-state index contributed by atoms with van der Waals surface area (Å²) >= 11 is 0. The number of nitrogens with one attached hydrogen (secondary N) is 1. The van der Waals surface area contributed by atoms with E-state index in [2.05, 4.69) is 12.2 Å². The van der Waals surface area contributed by atoms with Crippen molar-refractivity contribution in [3.63, 3.8) is 0 Å². The average Bonchev–Trinajstić information content (AvgIpc) is 3.45. The maximum atomic E-state index is 13.6. The van der Waals surface area contributed by atoms with E-state index in [1.807, 2.05) is 24.3 Å². The molecule has 2 atom stereocenters. The van der Waals surface area contributed by atoms with Crippen LogP contribution < -0.4 is 11.1 Å². The zero-order valence-electron chi connectivity index (χ0n) is 22.2. The molecule has 0 radical (unpaired) electrons. The van der Waals surface area contributed by atoms with E-state index >= 15 is 0 Å². The van der Waals surface area contributed by atoms with Gasteiger partial charge in [0.25, 0.3) is 5.91 Å². The summed E-state index contributed by atoms with van der Waals surface area (Å²) in [5.41, 5.74) is 8.60. The molecule has 2 aromatic carbocycles. The molecule has 0 spiro atoms. The number of hydrogen-bond donors (Lipinski definition) is 3. The molecule has 1 heterocycles. The zero-order chi connectivity index (χ0) is 28.2. The van der Waals surface area contributed by atoms with Gasteiger partial charge in [-0.05, 0) is 66.6 Å². The highest BCUT2D eigenvalue weighted by molar-refractivity contribution is 5.91. The Kier molecular flexibility index (Phi) is 11.6. The predicted octanol–water partition coefficient (Wildman–Crippen LogP) is 4.37. The van der Waals surface area contributed by atoms with Gasteiger partial charge in [0.05, 0.1) is 12.4 Å². The van der Waals surface area contributed by atoms with Crippen LogP contribution in [-0.4, -0.2) is 47.1 Å². The van der Waals surface area contributed by atoms with Crippen LogP contribution in [-0.2, 0) is 24.2 Å². The Morgan fingerprint density at radius 3 is 2.44 bits per heavy atom. The number of unbranched alkanes of at least 4 members (excludes halogenated alkanes) is 2. The van der Waals surface area contributed by atoms with Crippen molar-refractivity contribution in [2.24, 2.45) is 5.73 Å². The molecule has 210 valence electrons. The van der Waals surface area contributed by atoms with E-state index in [9.17, 15) is 23.5 Å². The summed E-state index contributed by atoms with van der Waals surface area (Å²) in [5.74, 6) is -1.56. The van der Waals surface area contributed by atoms with E-state index < -0.39 is 23.8 Å². The fourth-order valence-electron chi connectivity index (χ4n) is 4.35. The Labute approximate surface area is 228 Å². The molecule has 3 aromatic rings. The number of nitrogens with two attached hydrogens (primary N) is 1. The summed E-state index contributed by atoms with van der Waals surface area (Å²) in [5, 5.41) is 13.6. The molecule has 1 aromatic heterocycles. The number of halogens is 2. The Balaban J connectivity index is 1.55. The lowest BCUT2D eigenvalue weighted by molar-refractivity contribution is -0.133. The predicted molar refractivity (Wildman–Crippen MR) is 145 cm³/mol. The molecule has 0 saturated heterocycles. The van der Waals surface area contributed by atoms with E-state index in [0.29, 0.717) is 31.5 Å². The third kappa shape index (κ3) is 9.92. The topological polar surface area (TPSA) is 109 Å². The molecule has 4 N–H and O–H groups in total. The fourth-order valence-corrected chi connectivity index (χ4v) is 4.35. The lowest BCUT2D eigenvalue weighted by atomic mass is 10.0. The molecule has 0 aliphatic heterocycles. The van der Waals surface area contributed by atoms with Crippen molar-refractivity contribution in [2.45, 2.75) is 64.1 Å². The van der Waals surface area contributed by atoms with Gasteiger partial charge in [0, 0.05) is 38.2 Å². The molecule has 2 amide bonds. The summed E-state index contributed by atoms with van der Waals surface area (Å²) in [6, 6.07) is 13.5. The molecule has 7 nitrogen and oxygen atoms in total. The standard InChI is InChI=1S/C30H37F2N3O4/c1-2-21-8-6-9-22(14-21)19-35(20-27(36)26(33)17-23-15-24(31)18-25(32)16-23)29(37)11-4-3-5-12-34-30(38)28-10-7-13-39-28/h6-10,13-16,18,26-27,36H,2-5,11-12,17,19-20,33H2,1H3,(H,34,38)/t26-,27+/m0/s1. The first-order chi connectivity index (χ1) is 18.7. The molecule has 0 saturated carbocycles. The first kappa shape index (κ1) is 30.0. The molecule has 3 rings (SSSR count). The van der Waals surface area contributed by atoms with Crippen LogP contribution in [0.1, 0.15) is 59.9 Å². The number of aryl methyl sites for hydroxylation is 1. The van der Waals surface area contributed by atoms with Crippen LogP contribution in [0, 0.1) is 11.6 Å². The van der Waals surface area contributed by atoms with Crippen molar-refractivity contribution in [1.29, 1.82) is 0 Å². The molecule has 0 aliphatic rings. The second-order valence-electron chi connectivity index (χ2n) is 9.70. The minimum atomic E-state index is -1.09. The number of benzene rings is 2. The van der Waals surface area contributed by atoms with Crippen LogP contribution in [0.15, 0.2) is 65.3 Å². The molecule has 9 heteroatoms. The molecule has 0 unspecified atom stereocenters. The molecular weight excluding hydrogens is 504 g/mol. The van der Waals surface area contributed by atoms with Gasteiger partial charge in [0.2, 0.25) is 5.91 Å². The summed E-state index contributed by atoms with van der Waals surface area (Å²) in [6.07, 6.45) is 3.60. The first-order valence-corrected chi connectivity index (χ1v) is 13.3. The minimum Gasteiger partial charge on any atom is -0.459 e. The Hall–Kier alpha value is -3.56. The van der Waals surface area contributed by atoms with E-state index in [0.717, 1.165) is 30.0 Å². The van der Waals surface area contributed by atoms with Crippen LogP contribution in [0.5, 0.6) is 0 Å². The van der Waals surface area contributed by atoms with Crippen molar-refractivity contribution in [3.05, 3.63) is 94.9 Å². The number of amides is 2. The van der Waals surface area contributed by atoms with Crippen LogP contribution in [0.4, 0.5) is 8.78 Å². The van der Waals surface area contributed by atoms with Crippen molar-refractivity contribution >= 4 is 11.8 Å². The summed E-state index contributed by atoms with van der Waals surface area (Å²) in [7, 11) is 0. The van der Waals surface area contributed by atoms with Gasteiger partial charge in [-0.15, -0.1) is 0 Å². The fraction of sp³-hybridized carbons (Fsp3) is 0.400. The van der Waals surface area contributed by atoms with Gasteiger partial charge in [0.15, 0.2) is 5.76 Å². The quantitative estimate of drug-likeness (QED) is 0.248. The minimum absolute atomic E-state index is 0.00659. The molecule has 0 bridgehead atoms. The highest BCUT2D eigenvalue weighted by atomic mass is 19.1. The van der Waals surface area contributed by atoms with Crippen molar-refractivity contribution < 1.29 is 27.9 Å². The number of furan rings is 1. The van der Waals surface area contributed by atoms with Gasteiger partial charge in [-0.1, -0.05) is 37.6 Å². The van der Waals surface area contributed by atoms with Gasteiger partial charge >= 0.3 is 0 Å². The average molecular weight is 542 g/mol. The number of carbonyl (C=O) groups is 2.